The molecule has 0 aromatic carbocycles. The number of hydrogen-bond donors (Lipinski definition) is 2. The van der Waals surface area contributed by atoms with E-state index < -0.39 is 6.09 Å². The zero-order chi connectivity index (χ0) is 15.5. The van der Waals surface area contributed by atoms with Gasteiger partial charge in [0.1, 0.15) is 0 Å². The average molecular weight is 298 g/mol. The Morgan fingerprint density at radius 2 is 1.86 bits per heavy atom. The lowest BCUT2D eigenvalue weighted by Crippen LogP contribution is -2.51. The van der Waals surface area contributed by atoms with Crippen LogP contribution in [0.2, 0.25) is 0 Å². The fraction of sp³-hybridized carbons (Fsp3) is 0.938. The van der Waals surface area contributed by atoms with Crippen molar-refractivity contribution in [3.8, 4) is 0 Å². The van der Waals surface area contributed by atoms with E-state index in [0.29, 0.717) is 19.2 Å². The van der Waals surface area contributed by atoms with E-state index in [1.54, 1.807) is 0 Å². The third-order valence-electron chi connectivity index (χ3n) is 5.46. The predicted octanol–water partition coefficient (Wildman–Crippen LogP) is 2.56. The summed E-state index contributed by atoms with van der Waals surface area (Å²) in [5, 5.41) is 12.5. The van der Waals surface area contributed by atoms with E-state index in [9.17, 15) is 4.79 Å². The number of nitrogens with one attached hydrogen (secondary N) is 1. The Kier molecular flexibility index (Phi) is 5.15. The summed E-state index contributed by atoms with van der Waals surface area (Å²) in [6, 6.07) is 0. The molecule has 2 aliphatic rings. The molecule has 122 valence electrons. The van der Waals surface area contributed by atoms with Gasteiger partial charge in [-0.1, -0.05) is 20.8 Å². The molecule has 2 saturated heterocycles. The van der Waals surface area contributed by atoms with Gasteiger partial charge >= 0.3 is 6.09 Å². The summed E-state index contributed by atoms with van der Waals surface area (Å²) in [5.41, 5.74) is 0.217. The standard InChI is InChI=1S/C16H30N2O3/c1-15(2,3)16(6-10-18(11-7-16)14(19)20)12-21-13-4-8-17-9-5-13/h13,17H,4-12H2,1-3H3,(H,19,20). The summed E-state index contributed by atoms with van der Waals surface area (Å²) in [7, 11) is 0. The second kappa shape index (κ2) is 6.53. The van der Waals surface area contributed by atoms with Gasteiger partial charge < -0.3 is 20.1 Å². The molecule has 0 aromatic rings. The van der Waals surface area contributed by atoms with Crippen molar-refractivity contribution in [2.75, 3.05) is 32.8 Å². The molecule has 0 saturated carbocycles. The highest BCUT2D eigenvalue weighted by Gasteiger charge is 2.45. The van der Waals surface area contributed by atoms with Crippen LogP contribution in [-0.2, 0) is 4.74 Å². The van der Waals surface area contributed by atoms with Crippen LogP contribution in [0.3, 0.4) is 0 Å². The monoisotopic (exact) mass is 298 g/mol. The predicted molar refractivity (Wildman–Crippen MR) is 82.6 cm³/mol. The van der Waals surface area contributed by atoms with Gasteiger partial charge in [-0.05, 0) is 44.2 Å². The molecule has 0 aromatic heterocycles. The summed E-state index contributed by atoms with van der Waals surface area (Å²) >= 11 is 0. The van der Waals surface area contributed by atoms with E-state index in [2.05, 4.69) is 26.1 Å². The Morgan fingerprint density at radius 1 is 1.29 bits per heavy atom. The number of piperidine rings is 2. The van der Waals surface area contributed by atoms with Crippen LogP contribution in [0.15, 0.2) is 0 Å². The minimum absolute atomic E-state index is 0.0871. The van der Waals surface area contributed by atoms with E-state index in [-0.39, 0.29) is 10.8 Å². The fourth-order valence-corrected chi connectivity index (χ4v) is 3.48. The topological polar surface area (TPSA) is 61.8 Å². The van der Waals surface area contributed by atoms with Crippen molar-refractivity contribution in [2.45, 2.75) is 52.6 Å². The van der Waals surface area contributed by atoms with Crippen molar-refractivity contribution in [3.05, 3.63) is 0 Å². The molecule has 1 amide bonds. The van der Waals surface area contributed by atoms with Crippen LogP contribution in [-0.4, -0.2) is 55.0 Å². The molecule has 21 heavy (non-hydrogen) atoms. The van der Waals surface area contributed by atoms with Crippen LogP contribution < -0.4 is 5.32 Å². The van der Waals surface area contributed by atoms with Gasteiger partial charge in [0, 0.05) is 18.5 Å². The van der Waals surface area contributed by atoms with Crippen LogP contribution in [0.25, 0.3) is 0 Å². The molecule has 2 heterocycles. The Balaban J connectivity index is 1.96. The first-order chi connectivity index (χ1) is 9.84. The number of amides is 1. The largest absolute Gasteiger partial charge is 0.465 e. The van der Waals surface area contributed by atoms with Crippen molar-refractivity contribution in [1.82, 2.24) is 10.2 Å². The van der Waals surface area contributed by atoms with Gasteiger partial charge in [-0.15, -0.1) is 0 Å². The highest BCUT2D eigenvalue weighted by Crippen LogP contribution is 2.47. The number of likely N-dealkylation sites (tertiary alicyclic amines) is 1. The molecule has 2 aliphatic heterocycles. The molecule has 0 unspecified atom stereocenters. The van der Waals surface area contributed by atoms with Crippen molar-refractivity contribution in [2.24, 2.45) is 10.8 Å². The maximum absolute atomic E-state index is 11.1. The van der Waals surface area contributed by atoms with Gasteiger partial charge in [0.25, 0.3) is 0 Å². The lowest BCUT2D eigenvalue weighted by molar-refractivity contribution is -0.0911. The van der Waals surface area contributed by atoms with Gasteiger partial charge in [0.05, 0.1) is 12.7 Å². The van der Waals surface area contributed by atoms with Gasteiger partial charge in [0.15, 0.2) is 0 Å². The first-order valence-electron chi connectivity index (χ1n) is 8.14. The number of carbonyl (C=O) groups is 1. The van der Waals surface area contributed by atoms with Gasteiger partial charge in [0.2, 0.25) is 0 Å². The van der Waals surface area contributed by atoms with E-state index in [0.717, 1.165) is 45.4 Å². The number of ether oxygens (including phenoxy) is 1. The van der Waals surface area contributed by atoms with Crippen LogP contribution in [0.4, 0.5) is 4.79 Å². The zero-order valence-electron chi connectivity index (χ0n) is 13.7. The Hall–Kier alpha value is -0.810. The highest BCUT2D eigenvalue weighted by molar-refractivity contribution is 5.65. The number of rotatable bonds is 3. The molecule has 2 rings (SSSR count). The van der Waals surface area contributed by atoms with Crippen molar-refractivity contribution >= 4 is 6.09 Å². The van der Waals surface area contributed by atoms with Crippen molar-refractivity contribution < 1.29 is 14.6 Å². The van der Waals surface area contributed by atoms with Crippen molar-refractivity contribution in [3.63, 3.8) is 0 Å². The summed E-state index contributed by atoms with van der Waals surface area (Å²) in [5.74, 6) is 0. The van der Waals surface area contributed by atoms with Crippen LogP contribution in [0, 0.1) is 10.8 Å². The number of carboxylic acid groups (broad SMARTS) is 1. The minimum Gasteiger partial charge on any atom is -0.465 e. The third kappa shape index (κ3) is 3.89. The molecule has 0 spiro atoms. The summed E-state index contributed by atoms with van der Waals surface area (Å²) < 4.78 is 6.24. The second-order valence-corrected chi connectivity index (χ2v) is 7.56. The van der Waals surface area contributed by atoms with Crippen LogP contribution >= 0.6 is 0 Å². The quantitative estimate of drug-likeness (QED) is 0.840. The van der Waals surface area contributed by atoms with E-state index >= 15 is 0 Å². The van der Waals surface area contributed by atoms with Gasteiger partial charge in [-0.25, -0.2) is 4.79 Å². The maximum atomic E-state index is 11.1. The maximum Gasteiger partial charge on any atom is 0.407 e. The Labute approximate surface area is 128 Å². The summed E-state index contributed by atoms with van der Waals surface area (Å²) in [4.78, 5) is 12.6. The zero-order valence-corrected chi connectivity index (χ0v) is 13.7. The lowest BCUT2D eigenvalue weighted by Gasteiger charge is -2.50. The minimum atomic E-state index is -0.795. The SMILES string of the molecule is CC(C)(C)C1(COC2CCNCC2)CCN(C(=O)O)CC1. The summed E-state index contributed by atoms with van der Waals surface area (Å²) in [6.45, 7) is 10.9. The lowest BCUT2D eigenvalue weighted by atomic mass is 9.62. The van der Waals surface area contributed by atoms with Crippen LogP contribution in [0.5, 0.6) is 0 Å². The van der Waals surface area contributed by atoms with Gasteiger partial charge in [-0.3, -0.25) is 0 Å². The molecule has 5 nitrogen and oxygen atoms in total. The van der Waals surface area contributed by atoms with Gasteiger partial charge in [-0.2, -0.15) is 0 Å². The highest BCUT2D eigenvalue weighted by atomic mass is 16.5. The molecular formula is C16H30N2O3. The smallest absolute Gasteiger partial charge is 0.407 e. The second-order valence-electron chi connectivity index (χ2n) is 7.56. The molecular weight excluding hydrogens is 268 g/mol. The average Bonchev–Trinajstić information content (AvgIpc) is 2.45. The fourth-order valence-electron chi connectivity index (χ4n) is 3.48. The molecule has 0 bridgehead atoms. The van der Waals surface area contributed by atoms with E-state index in [4.69, 9.17) is 9.84 Å². The molecule has 2 N–H and O–H groups in total. The Bertz CT molecular complexity index is 351. The first kappa shape index (κ1) is 16.6. The van der Waals surface area contributed by atoms with Crippen LogP contribution in [0.1, 0.15) is 46.5 Å². The third-order valence-corrected chi connectivity index (χ3v) is 5.46. The molecule has 2 fully saturated rings. The van der Waals surface area contributed by atoms with Crippen molar-refractivity contribution in [1.29, 1.82) is 0 Å². The molecule has 0 radical (unpaired) electrons. The molecule has 0 atom stereocenters. The van der Waals surface area contributed by atoms with E-state index in [1.807, 2.05) is 0 Å². The Morgan fingerprint density at radius 3 is 2.33 bits per heavy atom. The molecule has 5 heteroatoms. The first-order valence-corrected chi connectivity index (χ1v) is 8.14. The summed E-state index contributed by atoms with van der Waals surface area (Å²) in [6.07, 6.45) is 3.53. The molecule has 0 aliphatic carbocycles. The normalized spacial score (nSPS) is 24.0. The number of hydrogen-bond acceptors (Lipinski definition) is 3. The van der Waals surface area contributed by atoms with E-state index in [1.165, 1.54) is 4.90 Å². The number of nitrogens with zero attached hydrogens (tertiary/aromatic N) is 1.